The summed E-state index contributed by atoms with van der Waals surface area (Å²) in [6.45, 7) is 6.45. The van der Waals surface area contributed by atoms with Gasteiger partial charge in [-0.15, -0.1) is 0 Å². The average Bonchev–Trinajstić information content (AvgIpc) is 2.80. The summed E-state index contributed by atoms with van der Waals surface area (Å²) in [4.78, 5) is 13.1. The van der Waals surface area contributed by atoms with Gasteiger partial charge in [-0.2, -0.15) is 0 Å². The van der Waals surface area contributed by atoms with Crippen LogP contribution in [0.5, 0.6) is 11.5 Å². The van der Waals surface area contributed by atoms with Gasteiger partial charge in [0.15, 0.2) is 0 Å². The quantitative estimate of drug-likeness (QED) is 0.550. The molecule has 1 aliphatic rings. The van der Waals surface area contributed by atoms with E-state index < -0.39 is 10.0 Å². The molecule has 3 rings (SSSR count). The molecule has 1 amide bonds. The largest absolute Gasteiger partial charge is 0.494 e. The van der Waals surface area contributed by atoms with Crippen molar-refractivity contribution in [3.05, 3.63) is 54.1 Å². The standard InChI is InChI=1S/C25H34N2O5S/c1-5-16-31-20-14-12-19(13-15-20)27(33(4,29)30)18-24(28)26-22-17-25(6-2,7-3)32-23-11-9-8-10-21(22)23/h8-15,22H,5-7,16-18H2,1-4H3,(H,26,28)/t22-/m0/s1. The Labute approximate surface area is 197 Å². The van der Waals surface area contributed by atoms with Gasteiger partial charge >= 0.3 is 0 Å². The average molecular weight is 475 g/mol. The van der Waals surface area contributed by atoms with E-state index in [9.17, 15) is 13.2 Å². The molecule has 0 bridgehead atoms. The maximum absolute atomic E-state index is 13.1. The molecule has 1 N–H and O–H groups in total. The van der Waals surface area contributed by atoms with Crippen LogP contribution in [0.15, 0.2) is 48.5 Å². The summed E-state index contributed by atoms with van der Waals surface area (Å²) in [5.41, 5.74) is 0.962. The Morgan fingerprint density at radius 1 is 1.12 bits per heavy atom. The Hall–Kier alpha value is -2.74. The van der Waals surface area contributed by atoms with Crippen molar-refractivity contribution in [3.8, 4) is 11.5 Å². The Bertz CT molecular complexity index is 1050. The first kappa shape index (κ1) is 24.9. The summed E-state index contributed by atoms with van der Waals surface area (Å²) < 4.78 is 38.0. The summed E-state index contributed by atoms with van der Waals surface area (Å²) in [6, 6.07) is 14.2. The van der Waals surface area contributed by atoms with Crippen LogP contribution in [0.3, 0.4) is 0 Å². The van der Waals surface area contributed by atoms with Gasteiger partial charge in [0.2, 0.25) is 15.9 Å². The third kappa shape index (κ3) is 5.99. The van der Waals surface area contributed by atoms with Crippen molar-refractivity contribution in [2.75, 3.05) is 23.7 Å². The smallest absolute Gasteiger partial charge is 0.241 e. The van der Waals surface area contributed by atoms with Gasteiger partial charge in [-0.05, 0) is 49.6 Å². The zero-order valence-corrected chi connectivity index (χ0v) is 20.7. The van der Waals surface area contributed by atoms with Gasteiger partial charge in [0, 0.05) is 12.0 Å². The van der Waals surface area contributed by atoms with Crippen LogP contribution in [-0.2, 0) is 14.8 Å². The van der Waals surface area contributed by atoms with Crippen LogP contribution in [0, 0.1) is 0 Å². The molecule has 0 aliphatic carbocycles. The van der Waals surface area contributed by atoms with E-state index in [0.717, 1.165) is 41.1 Å². The zero-order valence-electron chi connectivity index (χ0n) is 19.8. The van der Waals surface area contributed by atoms with Crippen LogP contribution in [0.4, 0.5) is 5.69 Å². The number of rotatable bonds is 10. The molecule has 0 saturated heterocycles. The van der Waals surface area contributed by atoms with Gasteiger partial charge in [0.1, 0.15) is 23.6 Å². The number of ether oxygens (including phenoxy) is 2. The monoisotopic (exact) mass is 474 g/mol. The molecule has 7 nitrogen and oxygen atoms in total. The molecule has 1 heterocycles. The molecule has 0 spiro atoms. The Balaban J connectivity index is 1.79. The molecule has 0 fully saturated rings. The van der Waals surface area contributed by atoms with E-state index in [4.69, 9.17) is 9.47 Å². The molecule has 0 radical (unpaired) electrons. The fourth-order valence-corrected chi connectivity index (χ4v) is 4.99. The highest BCUT2D eigenvalue weighted by molar-refractivity contribution is 7.92. The maximum atomic E-state index is 13.1. The number of para-hydroxylation sites is 1. The lowest BCUT2D eigenvalue weighted by Crippen LogP contribution is -2.47. The second-order valence-electron chi connectivity index (χ2n) is 8.47. The Morgan fingerprint density at radius 3 is 2.39 bits per heavy atom. The predicted octanol–water partition coefficient (Wildman–Crippen LogP) is 4.44. The maximum Gasteiger partial charge on any atom is 0.241 e. The van der Waals surface area contributed by atoms with Crippen molar-refractivity contribution in [2.45, 2.75) is 58.1 Å². The minimum absolute atomic E-state index is 0.256. The second-order valence-corrected chi connectivity index (χ2v) is 10.4. The summed E-state index contributed by atoms with van der Waals surface area (Å²) in [5, 5.41) is 3.06. The molecule has 0 unspecified atom stereocenters. The van der Waals surface area contributed by atoms with Crippen molar-refractivity contribution >= 4 is 21.6 Å². The lowest BCUT2D eigenvalue weighted by Gasteiger charge is -2.41. The number of anilines is 1. The number of nitrogens with one attached hydrogen (secondary N) is 1. The Kier molecular flexibility index (Phi) is 7.89. The molecule has 1 atom stereocenters. The summed E-state index contributed by atoms with van der Waals surface area (Å²) >= 11 is 0. The van der Waals surface area contributed by atoms with E-state index in [0.29, 0.717) is 24.5 Å². The van der Waals surface area contributed by atoms with E-state index >= 15 is 0 Å². The fraction of sp³-hybridized carbons (Fsp3) is 0.480. The van der Waals surface area contributed by atoms with E-state index in [1.165, 1.54) is 0 Å². The number of hydrogen-bond donors (Lipinski definition) is 1. The van der Waals surface area contributed by atoms with Gasteiger partial charge in [-0.25, -0.2) is 8.42 Å². The van der Waals surface area contributed by atoms with Crippen LogP contribution in [-0.4, -0.2) is 39.3 Å². The number of carbonyl (C=O) groups is 1. The molecular weight excluding hydrogens is 440 g/mol. The third-order valence-corrected chi connectivity index (χ3v) is 7.25. The van der Waals surface area contributed by atoms with Crippen LogP contribution in [0.1, 0.15) is 58.1 Å². The molecule has 0 saturated carbocycles. The van der Waals surface area contributed by atoms with E-state index in [1.807, 2.05) is 31.2 Å². The number of fused-ring (bicyclic) bond motifs is 1. The van der Waals surface area contributed by atoms with E-state index in [2.05, 4.69) is 19.2 Å². The third-order valence-electron chi connectivity index (χ3n) is 6.11. The van der Waals surface area contributed by atoms with Crippen molar-refractivity contribution in [2.24, 2.45) is 0 Å². The van der Waals surface area contributed by atoms with Gasteiger partial charge in [-0.1, -0.05) is 39.0 Å². The normalized spacial score (nSPS) is 16.9. The summed E-state index contributed by atoms with van der Waals surface area (Å²) in [7, 11) is -3.67. The fourth-order valence-electron chi connectivity index (χ4n) is 4.13. The molecule has 2 aromatic carbocycles. The zero-order chi connectivity index (χ0) is 24.1. The minimum Gasteiger partial charge on any atom is -0.494 e. The molecule has 8 heteroatoms. The first-order valence-corrected chi connectivity index (χ1v) is 13.3. The highest BCUT2D eigenvalue weighted by Crippen LogP contribution is 2.42. The first-order chi connectivity index (χ1) is 15.7. The molecule has 180 valence electrons. The van der Waals surface area contributed by atoms with E-state index in [1.54, 1.807) is 24.3 Å². The predicted molar refractivity (Wildman–Crippen MR) is 130 cm³/mol. The first-order valence-electron chi connectivity index (χ1n) is 11.5. The van der Waals surface area contributed by atoms with Crippen LogP contribution in [0.2, 0.25) is 0 Å². The number of benzene rings is 2. The SMILES string of the molecule is CCCOc1ccc(N(CC(=O)N[C@H]2CC(CC)(CC)Oc3ccccc32)S(C)(=O)=O)cc1. The van der Waals surface area contributed by atoms with Gasteiger partial charge in [0.05, 0.1) is 24.6 Å². The Morgan fingerprint density at radius 2 is 1.79 bits per heavy atom. The number of nitrogens with zero attached hydrogens (tertiary/aromatic N) is 1. The summed E-state index contributed by atoms with van der Waals surface area (Å²) in [6.07, 6.45) is 4.23. The van der Waals surface area contributed by atoms with Crippen molar-refractivity contribution in [1.29, 1.82) is 0 Å². The van der Waals surface area contributed by atoms with Gasteiger partial charge in [-0.3, -0.25) is 9.10 Å². The molecule has 33 heavy (non-hydrogen) atoms. The molecule has 2 aromatic rings. The van der Waals surface area contributed by atoms with Crippen molar-refractivity contribution in [3.63, 3.8) is 0 Å². The number of amides is 1. The number of carbonyl (C=O) groups excluding carboxylic acids is 1. The minimum atomic E-state index is -3.67. The second kappa shape index (κ2) is 10.5. The molecule has 1 aliphatic heterocycles. The lowest BCUT2D eigenvalue weighted by atomic mass is 9.83. The van der Waals surface area contributed by atoms with Gasteiger partial charge < -0.3 is 14.8 Å². The van der Waals surface area contributed by atoms with Crippen LogP contribution < -0.4 is 19.1 Å². The van der Waals surface area contributed by atoms with Crippen molar-refractivity contribution in [1.82, 2.24) is 5.32 Å². The van der Waals surface area contributed by atoms with Crippen molar-refractivity contribution < 1.29 is 22.7 Å². The highest BCUT2D eigenvalue weighted by atomic mass is 32.2. The van der Waals surface area contributed by atoms with Crippen LogP contribution >= 0.6 is 0 Å². The lowest BCUT2D eigenvalue weighted by molar-refractivity contribution is -0.121. The van der Waals surface area contributed by atoms with Gasteiger partial charge in [0.25, 0.3) is 0 Å². The van der Waals surface area contributed by atoms with E-state index in [-0.39, 0.29) is 24.1 Å². The molecule has 0 aromatic heterocycles. The number of sulfonamides is 1. The number of hydrogen-bond acceptors (Lipinski definition) is 5. The summed E-state index contributed by atoms with van der Waals surface area (Å²) in [5.74, 6) is 1.06. The highest BCUT2D eigenvalue weighted by Gasteiger charge is 2.39. The molecular formula is C25H34N2O5S. The van der Waals surface area contributed by atoms with Crippen LogP contribution in [0.25, 0.3) is 0 Å². The topological polar surface area (TPSA) is 84.9 Å².